The zero-order valence-electron chi connectivity index (χ0n) is 21.5. The van der Waals surface area contributed by atoms with Crippen LogP contribution in [0.15, 0.2) is 24.3 Å². The summed E-state index contributed by atoms with van der Waals surface area (Å²) in [7, 11) is 0. The fourth-order valence-electron chi connectivity index (χ4n) is 3.72. The maximum atomic E-state index is 13.6. The minimum Gasteiger partial charge on any atom is -0.443 e. The number of para-hydroxylation sites is 1. The topological polar surface area (TPSA) is 73.6 Å². The Morgan fingerprint density at radius 2 is 1.52 bits per heavy atom. The minimum atomic E-state index is -0.785. The predicted octanol–water partition coefficient (Wildman–Crippen LogP) is 6.68. The smallest absolute Gasteiger partial charge is 0.415 e. The molecule has 0 saturated heterocycles. The summed E-state index contributed by atoms with van der Waals surface area (Å²) in [5.41, 5.74) is 0.00660. The maximum Gasteiger partial charge on any atom is 0.415 e. The Hall–Kier alpha value is -2.55. The number of unbranched alkanes of at least 4 members (excludes halogenated alkanes) is 6. The summed E-state index contributed by atoms with van der Waals surface area (Å²) in [6.07, 6.45) is 8.00. The van der Waals surface area contributed by atoms with Gasteiger partial charge < -0.3 is 9.64 Å². The van der Waals surface area contributed by atoms with Gasteiger partial charge in [-0.1, -0.05) is 64.5 Å². The molecule has 0 aliphatic rings. The summed E-state index contributed by atoms with van der Waals surface area (Å²) in [5.74, 6) is -0.110. The molecule has 0 aliphatic heterocycles. The van der Waals surface area contributed by atoms with Gasteiger partial charge in [0.05, 0.1) is 11.3 Å². The molecule has 6 nitrogen and oxygen atoms in total. The molecule has 0 spiro atoms. The van der Waals surface area contributed by atoms with Gasteiger partial charge in [0.25, 0.3) is 0 Å². The molecular weight excluding hydrogens is 414 g/mol. The summed E-state index contributed by atoms with van der Waals surface area (Å²) in [6.45, 7) is 12.8. The third kappa shape index (κ3) is 9.86. The van der Waals surface area contributed by atoms with Gasteiger partial charge in [-0.15, -0.1) is 0 Å². The molecule has 0 saturated carbocycles. The van der Waals surface area contributed by atoms with Crippen LogP contribution in [0, 0.1) is 11.3 Å². The lowest BCUT2D eigenvalue weighted by atomic mass is 10.1. The number of anilines is 1. The second-order valence-electron chi connectivity index (χ2n) is 9.60. The fraction of sp³-hybridized carbons (Fsp3) is 0.667. The second kappa shape index (κ2) is 14.6. The number of nitriles is 1. The molecule has 1 rings (SSSR count). The van der Waals surface area contributed by atoms with Crippen LogP contribution in [0.5, 0.6) is 0 Å². The average molecular weight is 458 g/mol. The van der Waals surface area contributed by atoms with Crippen molar-refractivity contribution in [2.45, 2.75) is 105 Å². The monoisotopic (exact) mass is 457 g/mol. The molecule has 0 N–H and O–H groups in total. The van der Waals surface area contributed by atoms with Gasteiger partial charge in [0, 0.05) is 13.1 Å². The average Bonchev–Trinajstić information content (AvgIpc) is 2.76. The van der Waals surface area contributed by atoms with E-state index in [0.29, 0.717) is 24.3 Å². The van der Waals surface area contributed by atoms with Gasteiger partial charge in [-0.3, -0.25) is 9.69 Å². The van der Waals surface area contributed by atoms with E-state index in [4.69, 9.17) is 4.74 Å². The van der Waals surface area contributed by atoms with Gasteiger partial charge in [0.15, 0.2) is 0 Å². The summed E-state index contributed by atoms with van der Waals surface area (Å²) in [5, 5.41) is 9.62. The summed E-state index contributed by atoms with van der Waals surface area (Å²) in [4.78, 5) is 30.1. The van der Waals surface area contributed by atoms with Crippen LogP contribution in [0.4, 0.5) is 10.5 Å². The van der Waals surface area contributed by atoms with E-state index in [9.17, 15) is 14.9 Å². The highest BCUT2D eigenvalue weighted by molar-refractivity contribution is 5.98. The maximum absolute atomic E-state index is 13.6. The molecule has 6 heteroatoms. The van der Waals surface area contributed by atoms with Crippen molar-refractivity contribution >= 4 is 17.7 Å². The number of amides is 2. The van der Waals surface area contributed by atoms with E-state index in [1.165, 1.54) is 4.90 Å². The number of nitrogens with zero attached hydrogens (tertiary/aromatic N) is 3. The molecule has 184 valence electrons. The Morgan fingerprint density at radius 3 is 2.00 bits per heavy atom. The Kier molecular flexibility index (Phi) is 12.6. The summed E-state index contributed by atoms with van der Waals surface area (Å²) < 4.78 is 5.64. The van der Waals surface area contributed by atoms with Gasteiger partial charge >= 0.3 is 6.09 Å². The molecule has 0 fully saturated rings. The molecule has 0 unspecified atom stereocenters. The lowest BCUT2D eigenvalue weighted by molar-refractivity contribution is -0.132. The van der Waals surface area contributed by atoms with Crippen molar-refractivity contribution in [2.24, 2.45) is 0 Å². The van der Waals surface area contributed by atoms with Gasteiger partial charge in [0.2, 0.25) is 5.91 Å². The third-order valence-corrected chi connectivity index (χ3v) is 5.49. The number of ether oxygens (including phenoxy) is 1. The van der Waals surface area contributed by atoms with Crippen LogP contribution in [0.25, 0.3) is 0 Å². The van der Waals surface area contributed by atoms with Crippen LogP contribution in [-0.2, 0) is 9.53 Å². The van der Waals surface area contributed by atoms with E-state index in [1.54, 1.807) is 52.0 Å². The predicted molar refractivity (Wildman–Crippen MR) is 134 cm³/mol. The molecule has 1 atom stereocenters. The van der Waals surface area contributed by atoms with Crippen molar-refractivity contribution in [1.29, 1.82) is 5.26 Å². The zero-order valence-corrected chi connectivity index (χ0v) is 21.5. The standard InChI is InChI=1S/C27H43N3O3/c1-7-9-11-15-19-29(20-16-12-10-8-2)25(31)22(3)30(26(32)33-27(4,5)6)24-18-14-13-17-23(24)21-28/h13-14,17-18,22H,7-12,15-16,19-20H2,1-6H3/t22-/m0/s1. The highest BCUT2D eigenvalue weighted by atomic mass is 16.6. The van der Waals surface area contributed by atoms with Gasteiger partial charge in [-0.05, 0) is 52.7 Å². The summed E-state index contributed by atoms with van der Waals surface area (Å²) in [6, 6.07) is 8.20. The Morgan fingerprint density at radius 1 is 0.970 bits per heavy atom. The normalized spacial score (nSPS) is 12.0. The molecular formula is C27H43N3O3. The quantitative estimate of drug-likeness (QED) is 0.310. The number of hydrogen-bond donors (Lipinski definition) is 0. The largest absolute Gasteiger partial charge is 0.443 e. The van der Waals surface area contributed by atoms with Crippen molar-refractivity contribution in [3.63, 3.8) is 0 Å². The highest BCUT2D eigenvalue weighted by Gasteiger charge is 2.34. The summed E-state index contributed by atoms with van der Waals surface area (Å²) >= 11 is 0. The van der Waals surface area contributed by atoms with Crippen molar-refractivity contribution in [1.82, 2.24) is 4.90 Å². The van der Waals surface area contributed by atoms with E-state index in [1.807, 2.05) is 4.90 Å². The minimum absolute atomic E-state index is 0.110. The lowest BCUT2D eigenvalue weighted by Gasteiger charge is -2.34. The van der Waals surface area contributed by atoms with Crippen LogP contribution >= 0.6 is 0 Å². The van der Waals surface area contributed by atoms with Crippen LogP contribution < -0.4 is 4.90 Å². The third-order valence-electron chi connectivity index (χ3n) is 5.49. The van der Waals surface area contributed by atoms with Gasteiger partial charge in [-0.25, -0.2) is 4.79 Å². The number of hydrogen-bond acceptors (Lipinski definition) is 4. The number of rotatable bonds is 13. The Labute approximate surface area is 200 Å². The molecule has 0 heterocycles. The zero-order chi connectivity index (χ0) is 24.9. The van der Waals surface area contributed by atoms with E-state index in [2.05, 4.69) is 19.9 Å². The second-order valence-corrected chi connectivity index (χ2v) is 9.60. The van der Waals surface area contributed by atoms with E-state index < -0.39 is 17.7 Å². The van der Waals surface area contributed by atoms with Crippen molar-refractivity contribution < 1.29 is 14.3 Å². The SMILES string of the molecule is CCCCCCN(CCCCCC)C(=O)[C@H](C)N(C(=O)OC(C)(C)C)c1ccccc1C#N. The first-order chi connectivity index (χ1) is 15.7. The van der Waals surface area contributed by atoms with Crippen molar-refractivity contribution in [3.8, 4) is 6.07 Å². The molecule has 1 aromatic carbocycles. The van der Waals surface area contributed by atoms with E-state index in [0.717, 1.165) is 51.4 Å². The number of carbonyl (C=O) groups is 2. The fourth-order valence-corrected chi connectivity index (χ4v) is 3.72. The molecule has 1 aromatic rings. The Balaban J connectivity index is 3.20. The molecule has 0 aromatic heterocycles. The van der Waals surface area contributed by atoms with Crippen LogP contribution in [0.3, 0.4) is 0 Å². The molecule has 0 bridgehead atoms. The highest BCUT2D eigenvalue weighted by Crippen LogP contribution is 2.26. The first-order valence-corrected chi connectivity index (χ1v) is 12.5. The molecule has 0 aliphatic carbocycles. The van der Waals surface area contributed by atoms with Crippen molar-refractivity contribution in [3.05, 3.63) is 29.8 Å². The number of carbonyl (C=O) groups excluding carboxylic acids is 2. The van der Waals surface area contributed by atoms with Gasteiger partial charge in [-0.2, -0.15) is 5.26 Å². The molecule has 33 heavy (non-hydrogen) atoms. The van der Waals surface area contributed by atoms with Crippen LogP contribution in [0.2, 0.25) is 0 Å². The molecule has 2 amide bonds. The Bertz CT molecular complexity index is 768. The first-order valence-electron chi connectivity index (χ1n) is 12.5. The van der Waals surface area contributed by atoms with Gasteiger partial charge in [0.1, 0.15) is 17.7 Å². The number of benzene rings is 1. The molecule has 0 radical (unpaired) electrons. The van der Waals surface area contributed by atoms with Crippen LogP contribution in [-0.4, -0.2) is 41.6 Å². The van der Waals surface area contributed by atoms with Crippen molar-refractivity contribution in [2.75, 3.05) is 18.0 Å². The lowest BCUT2D eigenvalue weighted by Crippen LogP contribution is -2.51. The first kappa shape index (κ1) is 28.5. The van der Waals surface area contributed by atoms with E-state index in [-0.39, 0.29) is 5.91 Å². The van der Waals surface area contributed by atoms with E-state index >= 15 is 0 Å². The van der Waals surface area contributed by atoms with Crippen LogP contribution in [0.1, 0.15) is 98.5 Å².